The Morgan fingerprint density at radius 3 is 2.48 bits per heavy atom. The number of carbonyl (C=O) groups is 1. The van der Waals surface area contributed by atoms with Crippen LogP contribution < -0.4 is 9.04 Å². The molecule has 0 N–H and O–H groups in total. The summed E-state index contributed by atoms with van der Waals surface area (Å²) in [5, 5.41) is 3.94. The molecule has 0 saturated heterocycles. The Balaban J connectivity index is 1.70. The third kappa shape index (κ3) is 5.60. The van der Waals surface area contributed by atoms with Gasteiger partial charge in [-0.25, -0.2) is 8.42 Å². The second-order valence-corrected chi connectivity index (χ2v) is 9.01. The molecule has 9 nitrogen and oxygen atoms in total. The van der Waals surface area contributed by atoms with E-state index in [1.54, 1.807) is 56.6 Å². The van der Waals surface area contributed by atoms with Crippen molar-refractivity contribution in [2.24, 2.45) is 0 Å². The molecule has 0 fully saturated rings. The van der Waals surface area contributed by atoms with Crippen molar-refractivity contribution in [2.75, 3.05) is 31.3 Å². The molecule has 0 spiro atoms. The Hall–Kier alpha value is -3.40. The first kappa shape index (κ1) is 22.3. The van der Waals surface area contributed by atoms with Gasteiger partial charge in [0, 0.05) is 12.6 Å². The number of methoxy groups -OCH3 is 1. The maximum atomic E-state index is 12.7. The molecule has 0 bridgehead atoms. The second-order valence-electron chi connectivity index (χ2n) is 7.10. The Morgan fingerprint density at radius 2 is 1.87 bits per heavy atom. The van der Waals surface area contributed by atoms with Crippen LogP contribution in [0.3, 0.4) is 0 Å². The lowest BCUT2D eigenvalue weighted by atomic mass is 10.2. The van der Waals surface area contributed by atoms with Crippen molar-refractivity contribution in [3.05, 3.63) is 60.0 Å². The van der Waals surface area contributed by atoms with Crippen molar-refractivity contribution in [3.8, 4) is 17.1 Å². The first-order valence-corrected chi connectivity index (χ1v) is 11.3. The van der Waals surface area contributed by atoms with Gasteiger partial charge in [-0.1, -0.05) is 17.3 Å². The van der Waals surface area contributed by atoms with Gasteiger partial charge < -0.3 is 14.2 Å². The van der Waals surface area contributed by atoms with Crippen LogP contribution in [0.2, 0.25) is 0 Å². The van der Waals surface area contributed by atoms with Crippen molar-refractivity contribution < 1.29 is 22.5 Å². The number of hydrogen-bond donors (Lipinski definition) is 0. The highest BCUT2D eigenvalue weighted by Gasteiger charge is 2.24. The zero-order valence-electron chi connectivity index (χ0n) is 17.8. The average Bonchev–Trinajstić information content (AvgIpc) is 3.19. The molecule has 1 amide bonds. The van der Waals surface area contributed by atoms with Crippen LogP contribution >= 0.6 is 0 Å². The standard InChI is InChI=1S/C21H24N4O5S/c1-15-6-5-7-17(12-15)25(31(4,27)28)14-20(26)24(2)13-19-22-21(23-30-19)16-8-10-18(29-3)11-9-16/h5-12H,13-14H2,1-4H3. The number of benzene rings is 2. The van der Waals surface area contributed by atoms with Gasteiger partial charge in [-0.3, -0.25) is 9.10 Å². The van der Waals surface area contributed by atoms with E-state index in [1.165, 1.54) is 4.90 Å². The van der Waals surface area contributed by atoms with Gasteiger partial charge in [-0.2, -0.15) is 4.98 Å². The number of ether oxygens (including phenoxy) is 1. The number of hydrogen-bond acceptors (Lipinski definition) is 7. The minimum absolute atomic E-state index is 0.0490. The van der Waals surface area contributed by atoms with E-state index in [-0.39, 0.29) is 19.0 Å². The molecule has 0 aliphatic carbocycles. The molecule has 0 aliphatic heterocycles. The third-order valence-corrected chi connectivity index (χ3v) is 5.72. The van der Waals surface area contributed by atoms with Crippen molar-refractivity contribution in [3.63, 3.8) is 0 Å². The predicted octanol–water partition coefficient (Wildman–Crippen LogP) is 2.48. The first-order chi connectivity index (χ1) is 14.7. The highest BCUT2D eigenvalue weighted by molar-refractivity contribution is 7.92. The van der Waals surface area contributed by atoms with Crippen molar-refractivity contribution in [2.45, 2.75) is 13.5 Å². The van der Waals surface area contributed by atoms with Gasteiger partial charge in [0.05, 0.1) is 25.6 Å². The normalized spacial score (nSPS) is 11.2. The number of rotatable bonds is 8. The highest BCUT2D eigenvalue weighted by Crippen LogP contribution is 2.21. The van der Waals surface area contributed by atoms with Crippen LogP contribution in [0.4, 0.5) is 5.69 Å². The van der Waals surface area contributed by atoms with E-state index < -0.39 is 15.9 Å². The number of aromatic nitrogens is 2. The molecule has 3 aromatic rings. The van der Waals surface area contributed by atoms with Gasteiger partial charge in [-0.15, -0.1) is 0 Å². The van der Waals surface area contributed by atoms with E-state index in [1.807, 2.05) is 13.0 Å². The molecular weight excluding hydrogens is 420 g/mol. The molecule has 1 heterocycles. The van der Waals surface area contributed by atoms with Gasteiger partial charge in [0.25, 0.3) is 0 Å². The number of amides is 1. The molecule has 0 atom stereocenters. The Labute approximate surface area is 181 Å². The zero-order valence-corrected chi connectivity index (χ0v) is 18.6. The van der Waals surface area contributed by atoms with Crippen LogP contribution in [-0.2, 0) is 21.4 Å². The van der Waals surface area contributed by atoms with Crippen LogP contribution in [0.5, 0.6) is 5.75 Å². The fourth-order valence-corrected chi connectivity index (χ4v) is 3.74. The quantitative estimate of drug-likeness (QED) is 0.525. The molecular formula is C21H24N4O5S. The van der Waals surface area contributed by atoms with E-state index in [0.717, 1.165) is 21.7 Å². The lowest BCUT2D eigenvalue weighted by Gasteiger charge is -2.24. The summed E-state index contributed by atoms with van der Waals surface area (Å²) in [7, 11) is -0.516. The lowest BCUT2D eigenvalue weighted by Crippen LogP contribution is -2.41. The summed E-state index contributed by atoms with van der Waals surface area (Å²) in [5.41, 5.74) is 2.07. The predicted molar refractivity (Wildman–Crippen MR) is 116 cm³/mol. The molecule has 31 heavy (non-hydrogen) atoms. The maximum absolute atomic E-state index is 12.7. The van der Waals surface area contributed by atoms with Crippen molar-refractivity contribution in [1.82, 2.24) is 15.0 Å². The number of sulfonamides is 1. The van der Waals surface area contributed by atoms with E-state index in [9.17, 15) is 13.2 Å². The molecule has 2 aromatic carbocycles. The van der Waals surface area contributed by atoms with Crippen LogP contribution in [0, 0.1) is 6.92 Å². The number of aryl methyl sites for hydroxylation is 1. The largest absolute Gasteiger partial charge is 0.497 e. The van der Waals surface area contributed by atoms with E-state index in [4.69, 9.17) is 9.26 Å². The first-order valence-electron chi connectivity index (χ1n) is 9.42. The average molecular weight is 445 g/mol. The summed E-state index contributed by atoms with van der Waals surface area (Å²) in [6.45, 7) is 1.57. The van der Waals surface area contributed by atoms with E-state index in [2.05, 4.69) is 10.1 Å². The Kier molecular flexibility index (Phi) is 6.59. The summed E-state index contributed by atoms with van der Waals surface area (Å²) >= 11 is 0. The SMILES string of the molecule is COc1ccc(-c2noc(CN(C)C(=O)CN(c3cccc(C)c3)S(C)(=O)=O)n2)cc1. The maximum Gasteiger partial charge on any atom is 0.246 e. The topological polar surface area (TPSA) is 106 Å². The number of nitrogens with zero attached hydrogens (tertiary/aromatic N) is 4. The number of anilines is 1. The fraction of sp³-hybridized carbons (Fsp3) is 0.286. The molecule has 164 valence electrons. The van der Waals surface area contributed by atoms with Gasteiger partial charge in [0.1, 0.15) is 12.3 Å². The monoisotopic (exact) mass is 444 g/mol. The molecule has 3 rings (SSSR count). The summed E-state index contributed by atoms with van der Waals surface area (Å²) < 4.78 is 36.0. The van der Waals surface area contributed by atoms with Gasteiger partial charge in [-0.05, 0) is 48.9 Å². The molecule has 0 unspecified atom stereocenters. The van der Waals surface area contributed by atoms with Crippen molar-refractivity contribution in [1.29, 1.82) is 0 Å². The van der Waals surface area contributed by atoms with Gasteiger partial charge in [0.15, 0.2) is 0 Å². The highest BCUT2D eigenvalue weighted by atomic mass is 32.2. The van der Waals surface area contributed by atoms with Gasteiger partial charge >= 0.3 is 0 Å². The summed E-state index contributed by atoms with van der Waals surface area (Å²) in [6, 6.07) is 14.1. The fourth-order valence-electron chi connectivity index (χ4n) is 2.89. The summed E-state index contributed by atoms with van der Waals surface area (Å²) in [5.74, 6) is 0.928. The summed E-state index contributed by atoms with van der Waals surface area (Å²) in [4.78, 5) is 18.4. The van der Waals surface area contributed by atoms with Crippen LogP contribution in [-0.4, -0.2) is 56.3 Å². The van der Waals surface area contributed by atoms with Crippen molar-refractivity contribution >= 4 is 21.6 Å². The second kappa shape index (κ2) is 9.17. The summed E-state index contributed by atoms with van der Waals surface area (Å²) in [6.07, 6.45) is 1.07. The molecule has 10 heteroatoms. The molecule has 0 radical (unpaired) electrons. The number of likely N-dealkylation sites (N-methyl/N-ethyl adjacent to an activating group) is 1. The third-order valence-electron chi connectivity index (χ3n) is 4.58. The van der Waals surface area contributed by atoms with E-state index >= 15 is 0 Å². The smallest absolute Gasteiger partial charge is 0.246 e. The van der Waals surface area contributed by atoms with Crippen LogP contribution in [0.25, 0.3) is 11.4 Å². The number of carbonyl (C=O) groups excluding carboxylic acids is 1. The Morgan fingerprint density at radius 1 is 1.16 bits per heavy atom. The molecule has 1 aromatic heterocycles. The Bertz CT molecular complexity index is 1160. The molecule has 0 saturated carbocycles. The van der Waals surface area contributed by atoms with Crippen LogP contribution in [0.15, 0.2) is 53.1 Å². The minimum Gasteiger partial charge on any atom is -0.497 e. The lowest BCUT2D eigenvalue weighted by molar-refractivity contribution is -0.129. The van der Waals surface area contributed by atoms with Crippen LogP contribution in [0.1, 0.15) is 11.5 Å². The zero-order chi connectivity index (χ0) is 22.6. The van der Waals surface area contributed by atoms with E-state index in [0.29, 0.717) is 17.3 Å². The van der Waals surface area contributed by atoms with Gasteiger partial charge in [0.2, 0.25) is 27.6 Å². The molecule has 0 aliphatic rings. The minimum atomic E-state index is -3.65.